The molecule has 0 aromatic heterocycles. The highest BCUT2D eigenvalue weighted by atomic mass is 16.5. The predicted octanol–water partition coefficient (Wildman–Crippen LogP) is 15.3. The molecule has 0 aromatic rings. The van der Waals surface area contributed by atoms with E-state index in [0.29, 0.717) is 19.4 Å². The molecule has 0 radical (unpaired) electrons. The van der Waals surface area contributed by atoms with Gasteiger partial charge in [-0.1, -0.05) is 251 Å². The zero-order valence-corrected chi connectivity index (χ0v) is 39.0. The van der Waals surface area contributed by atoms with Crippen LogP contribution in [0.4, 0.5) is 0 Å². The van der Waals surface area contributed by atoms with E-state index in [-0.39, 0.29) is 18.5 Å². The van der Waals surface area contributed by atoms with Crippen LogP contribution in [0, 0.1) is 0 Å². The molecule has 1 amide bonds. The first kappa shape index (κ1) is 56.6. The van der Waals surface area contributed by atoms with Crippen LogP contribution in [0.5, 0.6) is 0 Å². The Morgan fingerprint density at radius 2 is 0.793 bits per heavy atom. The number of ether oxygens (including phenoxy) is 1. The van der Waals surface area contributed by atoms with Crippen LogP contribution in [0.25, 0.3) is 0 Å². The molecule has 0 aliphatic carbocycles. The topological polar surface area (TPSA) is 95.9 Å². The molecule has 0 saturated carbocycles. The second-order valence-corrected chi connectivity index (χ2v) is 17.9. The molecule has 0 bridgehead atoms. The first-order chi connectivity index (χ1) is 28.5. The Balaban J connectivity index is 3.43. The number of carbonyl (C=O) groups is 2. The van der Waals surface area contributed by atoms with Gasteiger partial charge in [-0.2, -0.15) is 0 Å². The number of amides is 1. The predicted molar refractivity (Wildman–Crippen MR) is 250 cm³/mol. The van der Waals surface area contributed by atoms with Crippen LogP contribution in [0.3, 0.4) is 0 Å². The highest BCUT2D eigenvalue weighted by molar-refractivity contribution is 5.76. The second-order valence-electron chi connectivity index (χ2n) is 17.9. The maximum Gasteiger partial charge on any atom is 0.305 e. The van der Waals surface area contributed by atoms with E-state index in [0.717, 1.165) is 44.9 Å². The molecule has 0 spiro atoms. The van der Waals surface area contributed by atoms with Gasteiger partial charge in [0.1, 0.15) is 0 Å². The van der Waals surface area contributed by atoms with E-state index < -0.39 is 12.1 Å². The molecule has 0 rings (SSSR count). The van der Waals surface area contributed by atoms with E-state index in [1.54, 1.807) is 6.08 Å². The van der Waals surface area contributed by atoms with Crippen LogP contribution >= 0.6 is 0 Å². The smallest absolute Gasteiger partial charge is 0.305 e. The van der Waals surface area contributed by atoms with E-state index in [1.165, 1.54) is 212 Å². The number of aliphatic hydroxyl groups is 2. The minimum atomic E-state index is -0.846. The van der Waals surface area contributed by atoms with Crippen molar-refractivity contribution in [2.75, 3.05) is 13.2 Å². The van der Waals surface area contributed by atoms with Gasteiger partial charge in [-0.05, 0) is 32.1 Å². The van der Waals surface area contributed by atoms with Gasteiger partial charge in [-0.3, -0.25) is 9.59 Å². The zero-order chi connectivity index (χ0) is 42.3. The van der Waals surface area contributed by atoms with Crippen molar-refractivity contribution >= 4 is 11.9 Å². The number of nitrogens with one attached hydrogen (secondary N) is 1. The monoisotopic (exact) mass is 820 g/mol. The summed E-state index contributed by atoms with van der Waals surface area (Å²) in [6.07, 6.45) is 55.0. The number of unbranched alkanes of at least 4 members (excludes halogenated alkanes) is 37. The van der Waals surface area contributed by atoms with Gasteiger partial charge in [0.05, 0.1) is 25.4 Å². The molecule has 6 heteroatoms. The van der Waals surface area contributed by atoms with Gasteiger partial charge in [-0.25, -0.2) is 0 Å². The van der Waals surface area contributed by atoms with Crippen molar-refractivity contribution in [2.24, 2.45) is 0 Å². The average molecular weight is 820 g/mol. The Hall–Kier alpha value is -1.40. The summed E-state index contributed by atoms with van der Waals surface area (Å²) in [6.45, 7) is 4.89. The first-order valence-corrected chi connectivity index (χ1v) is 26.0. The Labute approximate surface area is 361 Å². The minimum Gasteiger partial charge on any atom is -0.466 e. The van der Waals surface area contributed by atoms with Crippen molar-refractivity contribution < 1.29 is 24.5 Å². The van der Waals surface area contributed by atoms with Crippen molar-refractivity contribution in [1.82, 2.24) is 5.32 Å². The third-order valence-corrected chi connectivity index (χ3v) is 12.1. The maximum absolute atomic E-state index is 12.4. The number of esters is 1. The number of allylic oxidation sites excluding steroid dienone is 1. The Morgan fingerprint density at radius 3 is 1.17 bits per heavy atom. The molecule has 3 N–H and O–H groups in total. The molecule has 344 valence electrons. The standard InChI is InChI=1S/C52H101NO5/c1-3-5-7-9-11-13-15-21-26-30-34-38-42-46-52(57)58-47-43-39-35-31-27-23-20-18-17-19-22-25-29-33-37-41-45-51(56)53-49(48-54)50(55)44-40-36-32-28-24-16-14-12-10-8-6-4-2/h40,44,49-50,54-55H,3-39,41-43,45-48H2,1-2H3,(H,53,56)/b44-40+. The van der Waals surface area contributed by atoms with Crippen molar-refractivity contribution in [3.8, 4) is 0 Å². The highest BCUT2D eigenvalue weighted by Crippen LogP contribution is 2.16. The van der Waals surface area contributed by atoms with Gasteiger partial charge in [0.2, 0.25) is 5.91 Å². The molecule has 0 aliphatic heterocycles. The van der Waals surface area contributed by atoms with E-state index >= 15 is 0 Å². The third-order valence-electron chi connectivity index (χ3n) is 12.1. The van der Waals surface area contributed by atoms with E-state index in [9.17, 15) is 19.8 Å². The SMILES string of the molecule is CCCCCCCCCCCC/C=C/C(O)C(CO)NC(=O)CCCCCCCCCCCCCCCCCCOC(=O)CCCCCCCCCCCCCCC. The van der Waals surface area contributed by atoms with Crippen LogP contribution in [0.2, 0.25) is 0 Å². The number of aliphatic hydroxyl groups excluding tert-OH is 2. The lowest BCUT2D eigenvalue weighted by atomic mass is 10.0. The first-order valence-electron chi connectivity index (χ1n) is 26.0. The van der Waals surface area contributed by atoms with E-state index in [2.05, 4.69) is 19.2 Å². The summed E-state index contributed by atoms with van der Waals surface area (Å²) < 4.78 is 5.46. The molecule has 2 atom stereocenters. The Morgan fingerprint density at radius 1 is 0.466 bits per heavy atom. The van der Waals surface area contributed by atoms with Crippen LogP contribution in [-0.2, 0) is 14.3 Å². The van der Waals surface area contributed by atoms with Gasteiger partial charge < -0.3 is 20.3 Å². The van der Waals surface area contributed by atoms with Crippen molar-refractivity contribution in [3.63, 3.8) is 0 Å². The van der Waals surface area contributed by atoms with Crippen LogP contribution in [0.1, 0.15) is 284 Å². The maximum atomic E-state index is 12.4. The molecule has 0 saturated heterocycles. The summed E-state index contributed by atoms with van der Waals surface area (Å²) in [6, 6.07) is -0.630. The number of carbonyl (C=O) groups excluding carboxylic acids is 2. The molecular formula is C52H101NO5. The summed E-state index contributed by atoms with van der Waals surface area (Å²) in [4.78, 5) is 24.4. The van der Waals surface area contributed by atoms with Gasteiger partial charge in [0.25, 0.3) is 0 Å². The fourth-order valence-electron chi connectivity index (χ4n) is 8.05. The number of rotatable bonds is 48. The summed E-state index contributed by atoms with van der Waals surface area (Å²) >= 11 is 0. The summed E-state index contributed by atoms with van der Waals surface area (Å²) in [5.74, 6) is -0.0712. The largest absolute Gasteiger partial charge is 0.466 e. The van der Waals surface area contributed by atoms with Gasteiger partial charge in [0.15, 0.2) is 0 Å². The lowest BCUT2D eigenvalue weighted by Crippen LogP contribution is -2.45. The lowest BCUT2D eigenvalue weighted by Gasteiger charge is -2.20. The Bertz CT molecular complexity index is 863. The molecule has 0 heterocycles. The van der Waals surface area contributed by atoms with Crippen molar-refractivity contribution in [1.29, 1.82) is 0 Å². The second kappa shape index (κ2) is 48.3. The highest BCUT2D eigenvalue weighted by Gasteiger charge is 2.18. The molecule has 0 aliphatic rings. The van der Waals surface area contributed by atoms with Crippen LogP contribution in [-0.4, -0.2) is 47.4 Å². The fourth-order valence-corrected chi connectivity index (χ4v) is 8.05. The van der Waals surface area contributed by atoms with Crippen LogP contribution < -0.4 is 5.32 Å². The lowest BCUT2D eigenvalue weighted by molar-refractivity contribution is -0.143. The van der Waals surface area contributed by atoms with E-state index in [1.807, 2.05) is 6.08 Å². The third kappa shape index (κ3) is 44.2. The summed E-state index contributed by atoms with van der Waals surface area (Å²) in [5.41, 5.74) is 0. The van der Waals surface area contributed by atoms with E-state index in [4.69, 9.17) is 4.74 Å². The zero-order valence-electron chi connectivity index (χ0n) is 39.0. The molecule has 6 nitrogen and oxygen atoms in total. The number of hydrogen-bond acceptors (Lipinski definition) is 5. The summed E-state index contributed by atoms with van der Waals surface area (Å²) in [7, 11) is 0. The quantitative estimate of drug-likeness (QED) is 0.0323. The molecule has 58 heavy (non-hydrogen) atoms. The normalized spacial score (nSPS) is 12.7. The van der Waals surface area contributed by atoms with Gasteiger partial charge in [-0.15, -0.1) is 0 Å². The molecular weight excluding hydrogens is 719 g/mol. The summed E-state index contributed by atoms with van der Waals surface area (Å²) in [5, 5.41) is 23.0. The molecule has 2 unspecified atom stereocenters. The van der Waals surface area contributed by atoms with Crippen LogP contribution in [0.15, 0.2) is 12.2 Å². The van der Waals surface area contributed by atoms with Crippen molar-refractivity contribution in [2.45, 2.75) is 296 Å². The molecule has 0 aromatic carbocycles. The molecule has 0 fully saturated rings. The van der Waals surface area contributed by atoms with Gasteiger partial charge >= 0.3 is 5.97 Å². The average Bonchev–Trinajstić information content (AvgIpc) is 3.22. The van der Waals surface area contributed by atoms with Gasteiger partial charge in [0, 0.05) is 12.8 Å². The fraction of sp³-hybridized carbons (Fsp3) is 0.923. The van der Waals surface area contributed by atoms with Crippen molar-refractivity contribution in [3.05, 3.63) is 12.2 Å². The minimum absolute atomic E-state index is 0.00361. The Kier molecular flexibility index (Phi) is 47.1. The number of hydrogen-bond donors (Lipinski definition) is 3.